The van der Waals surface area contributed by atoms with E-state index in [0.717, 1.165) is 0 Å². The van der Waals surface area contributed by atoms with Gasteiger partial charge < -0.3 is 9.32 Å². The van der Waals surface area contributed by atoms with E-state index in [4.69, 9.17) is 4.42 Å². The molecule has 2 N–H and O–H groups in total. The van der Waals surface area contributed by atoms with Crippen LogP contribution in [-0.4, -0.2) is 38.4 Å². The molecule has 0 aromatic carbocycles. The maximum Gasteiger partial charge on any atom is 0.451 e. The lowest BCUT2D eigenvalue weighted by Crippen LogP contribution is -2.28. The highest BCUT2D eigenvalue weighted by molar-refractivity contribution is 5.96. The quantitative estimate of drug-likeness (QED) is 0.873. The summed E-state index contributed by atoms with van der Waals surface area (Å²) in [6.07, 6.45) is -3.25. The highest BCUT2D eigenvalue weighted by Crippen LogP contribution is 2.26. The van der Waals surface area contributed by atoms with Crippen molar-refractivity contribution in [2.45, 2.75) is 19.1 Å². The third-order valence-corrected chi connectivity index (χ3v) is 3.50. The molecule has 1 aliphatic heterocycles. The first-order valence-corrected chi connectivity index (χ1v) is 6.93. The van der Waals surface area contributed by atoms with Gasteiger partial charge in [-0.15, -0.1) is 5.10 Å². The fraction of sp³-hybridized carbons (Fsp3) is 0.385. The Balaban J connectivity index is 1.60. The van der Waals surface area contributed by atoms with Crippen molar-refractivity contribution in [3.63, 3.8) is 0 Å². The number of hydrogen-bond acceptors (Lipinski definition) is 5. The van der Waals surface area contributed by atoms with Gasteiger partial charge in [0.2, 0.25) is 23.6 Å². The van der Waals surface area contributed by atoms with Crippen molar-refractivity contribution in [2.75, 3.05) is 11.9 Å². The molecule has 24 heavy (non-hydrogen) atoms. The first-order chi connectivity index (χ1) is 11.3. The van der Waals surface area contributed by atoms with Crippen LogP contribution in [0.2, 0.25) is 0 Å². The van der Waals surface area contributed by atoms with Crippen LogP contribution < -0.4 is 5.32 Å². The van der Waals surface area contributed by atoms with Gasteiger partial charge in [-0.25, -0.2) is 0 Å². The molecule has 0 unspecified atom stereocenters. The van der Waals surface area contributed by atoms with E-state index in [2.05, 4.69) is 15.4 Å². The monoisotopic (exact) mass is 343 g/mol. The second-order valence-electron chi connectivity index (χ2n) is 5.25. The van der Waals surface area contributed by atoms with Crippen molar-refractivity contribution in [1.29, 1.82) is 0 Å². The summed E-state index contributed by atoms with van der Waals surface area (Å²) in [6.45, 7) is 0.371. The number of rotatable bonds is 4. The molecule has 2 aromatic rings. The van der Waals surface area contributed by atoms with Gasteiger partial charge in [0.15, 0.2) is 0 Å². The molecule has 1 fully saturated rings. The van der Waals surface area contributed by atoms with Crippen LogP contribution in [0, 0.1) is 5.92 Å². The van der Waals surface area contributed by atoms with Gasteiger partial charge >= 0.3 is 6.18 Å². The molecule has 1 saturated heterocycles. The number of halogens is 3. The van der Waals surface area contributed by atoms with Crippen LogP contribution in [0.5, 0.6) is 0 Å². The lowest BCUT2D eigenvalue weighted by atomic mass is 10.1. The number of nitrogens with one attached hydrogen (secondary N) is 2. The molecule has 0 spiro atoms. The number of aromatic nitrogens is 3. The van der Waals surface area contributed by atoms with Crippen LogP contribution in [0.25, 0.3) is 0 Å². The van der Waals surface area contributed by atoms with Crippen LogP contribution in [0.3, 0.4) is 0 Å². The van der Waals surface area contributed by atoms with E-state index in [0.29, 0.717) is 5.76 Å². The third-order valence-electron chi connectivity index (χ3n) is 3.50. The number of hydrogen-bond donors (Lipinski definition) is 2. The van der Waals surface area contributed by atoms with Crippen molar-refractivity contribution < 1.29 is 27.2 Å². The number of carbonyl (C=O) groups excluding carboxylic acids is 2. The number of anilines is 1. The minimum Gasteiger partial charge on any atom is -0.467 e. The Morgan fingerprint density at radius 1 is 1.50 bits per heavy atom. The smallest absolute Gasteiger partial charge is 0.451 e. The van der Waals surface area contributed by atoms with Gasteiger partial charge in [-0.1, -0.05) is 0 Å². The average molecular weight is 343 g/mol. The Labute approximate surface area is 133 Å². The number of amides is 2. The van der Waals surface area contributed by atoms with Gasteiger partial charge in [0, 0.05) is 13.0 Å². The molecule has 0 radical (unpaired) electrons. The molecular formula is C13H12F3N5O3. The van der Waals surface area contributed by atoms with E-state index in [-0.39, 0.29) is 25.4 Å². The molecule has 2 aromatic heterocycles. The van der Waals surface area contributed by atoms with Crippen LogP contribution >= 0.6 is 0 Å². The predicted octanol–water partition coefficient (Wildman–Crippen LogP) is 1.40. The van der Waals surface area contributed by atoms with E-state index in [1.807, 2.05) is 0 Å². The zero-order valence-electron chi connectivity index (χ0n) is 12.1. The van der Waals surface area contributed by atoms with Crippen molar-refractivity contribution in [2.24, 2.45) is 5.92 Å². The summed E-state index contributed by atoms with van der Waals surface area (Å²) in [5.74, 6) is -2.76. The fourth-order valence-corrected chi connectivity index (χ4v) is 2.35. The van der Waals surface area contributed by atoms with Crippen LogP contribution in [0.15, 0.2) is 22.8 Å². The average Bonchev–Trinajstić information content (AvgIpc) is 3.21. The van der Waals surface area contributed by atoms with Crippen molar-refractivity contribution >= 4 is 17.8 Å². The Bertz CT molecular complexity index is 740. The molecule has 3 heterocycles. The molecule has 1 aliphatic rings. The molecule has 1 atom stereocenters. The number of nitrogens with zero attached hydrogens (tertiary/aromatic N) is 3. The number of H-pyrrole nitrogens is 1. The molecule has 128 valence electrons. The van der Waals surface area contributed by atoms with Gasteiger partial charge in [-0.3, -0.25) is 20.0 Å². The molecule has 2 amide bonds. The van der Waals surface area contributed by atoms with Gasteiger partial charge in [0.25, 0.3) is 0 Å². The first kappa shape index (κ1) is 16.0. The number of carbonyl (C=O) groups is 2. The summed E-state index contributed by atoms with van der Waals surface area (Å²) in [4.78, 5) is 28.6. The Kier molecular flexibility index (Phi) is 3.99. The first-order valence-electron chi connectivity index (χ1n) is 6.93. The zero-order chi connectivity index (χ0) is 17.3. The van der Waals surface area contributed by atoms with Crippen molar-refractivity contribution in [3.8, 4) is 0 Å². The predicted molar refractivity (Wildman–Crippen MR) is 72.2 cm³/mol. The molecule has 0 bridgehead atoms. The highest BCUT2D eigenvalue weighted by atomic mass is 19.4. The highest BCUT2D eigenvalue weighted by Gasteiger charge is 2.37. The minimum atomic E-state index is -4.68. The Morgan fingerprint density at radius 3 is 2.92 bits per heavy atom. The van der Waals surface area contributed by atoms with E-state index in [9.17, 15) is 22.8 Å². The second-order valence-corrected chi connectivity index (χ2v) is 5.25. The number of furan rings is 1. The third kappa shape index (κ3) is 3.39. The molecule has 0 aliphatic carbocycles. The summed E-state index contributed by atoms with van der Waals surface area (Å²) < 4.78 is 42.4. The molecule has 11 heteroatoms. The maximum absolute atomic E-state index is 12.4. The van der Waals surface area contributed by atoms with Gasteiger partial charge in [0.05, 0.1) is 18.7 Å². The maximum atomic E-state index is 12.4. The number of alkyl halides is 3. The lowest BCUT2D eigenvalue weighted by molar-refractivity contribution is -0.144. The molecule has 0 saturated carbocycles. The minimum absolute atomic E-state index is 0.0386. The summed E-state index contributed by atoms with van der Waals surface area (Å²) in [5, 5.41) is 7.17. The zero-order valence-corrected chi connectivity index (χ0v) is 12.1. The van der Waals surface area contributed by atoms with E-state index in [1.165, 1.54) is 11.2 Å². The summed E-state index contributed by atoms with van der Waals surface area (Å²) in [6, 6.07) is 3.38. The summed E-state index contributed by atoms with van der Waals surface area (Å²) in [7, 11) is 0. The standard InChI is InChI=1S/C13H12F3N5O3/c14-13(15,16)11-18-12(20-19-11)17-10(23)7-4-9(22)21(5-7)6-8-2-1-3-24-8/h1-3,7H,4-6H2,(H2,17,18,19,20,23)/t7-/m1/s1. The summed E-state index contributed by atoms with van der Waals surface area (Å²) in [5.41, 5.74) is 0. The topological polar surface area (TPSA) is 104 Å². The van der Waals surface area contributed by atoms with E-state index in [1.54, 1.807) is 17.2 Å². The Morgan fingerprint density at radius 2 is 2.29 bits per heavy atom. The van der Waals surface area contributed by atoms with E-state index < -0.39 is 29.8 Å². The number of aromatic amines is 1. The lowest BCUT2D eigenvalue weighted by Gasteiger charge is -2.14. The van der Waals surface area contributed by atoms with Gasteiger partial charge in [0.1, 0.15) is 5.76 Å². The van der Waals surface area contributed by atoms with Crippen molar-refractivity contribution in [1.82, 2.24) is 20.1 Å². The second kappa shape index (κ2) is 5.98. The van der Waals surface area contributed by atoms with Crippen LogP contribution in [0.4, 0.5) is 19.1 Å². The largest absolute Gasteiger partial charge is 0.467 e. The number of likely N-dealkylation sites (tertiary alicyclic amines) is 1. The van der Waals surface area contributed by atoms with E-state index >= 15 is 0 Å². The fourth-order valence-electron chi connectivity index (χ4n) is 2.35. The van der Waals surface area contributed by atoms with Gasteiger partial charge in [-0.05, 0) is 12.1 Å². The van der Waals surface area contributed by atoms with Crippen molar-refractivity contribution in [3.05, 3.63) is 30.0 Å². The van der Waals surface area contributed by atoms with Crippen LogP contribution in [0.1, 0.15) is 18.0 Å². The molecule has 3 rings (SSSR count). The SMILES string of the molecule is O=C(Nc1n[nH]c(C(F)(F)F)n1)[C@@H]1CC(=O)N(Cc2ccco2)C1. The molecular weight excluding hydrogens is 331 g/mol. The normalized spacial score (nSPS) is 18.2. The van der Waals surface area contributed by atoms with Gasteiger partial charge in [-0.2, -0.15) is 18.2 Å². The Hall–Kier alpha value is -2.85. The summed E-state index contributed by atoms with van der Waals surface area (Å²) >= 11 is 0. The van der Waals surface area contributed by atoms with Crippen LogP contribution in [-0.2, 0) is 22.3 Å². The molecule has 8 nitrogen and oxygen atoms in total.